The number of ketones is 1. The van der Waals surface area contributed by atoms with Gasteiger partial charge in [-0.05, 0) is 36.2 Å². The molecule has 0 amide bonds. The van der Waals surface area contributed by atoms with Gasteiger partial charge in [-0.1, -0.05) is 19.1 Å². The van der Waals surface area contributed by atoms with E-state index in [2.05, 4.69) is 4.74 Å². The lowest BCUT2D eigenvalue weighted by atomic mass is 10.0. The molecule has 0 fully saturated rings. The molecule has 4 nitrogen and oxygen atoms in total. The van der Waals surface area contributed by atoms with Gasteiger partial charge in [0.25, 0.3) is 11.5 Å². The number of fused-ring (bicyclic) bond motifs is 1. The van der Waals surface area contributed by atoms with Gasteiger partial charge >= 0.3 is 12.1 Å². The zero-order chi connectivity index (χ0) is 18.2. The number of halogens is 3. The molecule has 3 rings (SSSR count). The summed E-state index contributed by atoms with van der Waals surface area (Å²) in [6.07, 6.45) is -3.95. The average Bonchev–Trinajstić information content (AvgIpc) is 2.85. The van der Waals surface area contributed by atoms with Gasteiger partial charge in [-0.2, -0.15) is 0 Å². The van der Waals surface area contributed by atoms with Crippen LogP contribution in [0.3, 0.4) is 0 Å². The van der Waals surface area contributed by atoms with Gasteiger partial charge in [0, 0.05) is 4.74 Å². The van der Waals surface area contributed by atoms with Crippen LogP contribution in [0.25, 0.3) is 0 Å². The molecular formula is C18H15F3NO3+. The first kappa shape index (κ1) is 17.0. The topological polar surface area (TPSA) is 38.5 Å². The quantitative estimate of drug-likeness (QED) is 0.781. The van der Waals surface area contributed by atoms with Crippen LogP contribution in [0.15, 0.2) is 42.5 Å². The number of hydrogen-bond donors (Lipinski definition) is 0. The lowest BCUT2D eigenvalue weighted by Crippen LogP contribution is -2.19. The second kappa shape index (κ2) is 6.23. The van der Waals surface area contributed by atoms with Crippen LogP contribution < -0.4 is 4.74 Å². The van der Waals surface area contributed by atoms with E-state index in [0.717, 1.165) is 24.1 Å². The third kappa shape index (κ3) is 3.22. The largest absolute Gasteiger partial charge is 0.573 e. The molecule has 0 N–H and O–H groups in total. The number of nitrogens with zero attached hydrogens (tertiary/aromatic N) is 1. The molecule has 0 atom stereocenters. The van der Waals surface area contributed by atoms with Crippen LogP contribution in [0.5, 0.6) is 5.75 Å². The van der Waals surface area contributed by atoms with Crippen molar-refractivity contribution < 1.29 is 32.3 Å². The fourth-order valence-electron chi connectivity index (χ4n) is 2.75. The van der Waals surface area contributed by atoms with Gasteiger partial charge in [-0.25, -0.2) is 0 Å². The molecule has 2 aromatic carbocycles. The van der Waals surface area contributed by atoms with Gasteiger partial charge in [-0.15, -0.1) is 13.2 Å². The van der Waals surface area contributed by atoms with Crippen molar-refractivity contribution in [2.75, 3.05) is 7.11 Å². The zero-order valence-corrected chi connectivity index (χ0v) is 13.6. The maximum atomic E-state index is 12.7. The molecule has 0 saturated carbocycles. The molecular weight excluding hydrogens is 335 g/mol. The fraction of sp³-hybridized carbons (Fsp3) is 0.222. The first-order valence-corrected chi connectivity index (χ1v) is 7.59. The van der Waals surface area contributed by atoms with E-state index in [1.165, 1.54) is 17.9 Å². The maximum absolute atomic E-state index is 12.7. The van der Waals surface area contributed by atoms with Gasteiger partial charge in [0.15, 0.2) is 0 Å². The van der Waals surface area contributed by atoms with Crippen LogP contribution in [0.4, 0.5) is 18.9 Å². The van der Waals surface area contributed by atoms with Crippen molar-refractivity contribution >= 4 is 17.2 Å². The molecule has 0 bridgehead atoms. The lowest BCUT2D eigenvalue weighted by molar-refractivity contribution is -0.717. The van der Waals surface area contributed by atoms with Gasteiger partial charge in [-0.3, -0.25) is 9.63 Å². The van der Waals surface area contributed by atoms with Crippen LogP contribution in [-0.4, -0.2) is 29.7 Å². The zero-order valence-electron chi connectivity index (χ0n) is 13.6. The standard InChI is InChI=1S/C18H15F3NO3/c1-3-11-4-6-12(7-5-11)16-17(23)14-9-8-13(25-18(19,20)21)10-15(14)22(16)24-2/h4-10H,3H2,1-2H3/q+1. The number of aryl methyl sites for hydroxylation is 1. The fourth-order valence-corrected chi connectivity index (χ4v) is 2.75. The Labute approximate surface area is 142 Å². The smallest absolute Gasteiger partial charge is 0.406 e. The normalized spacial score (nSPS) is 13.9. The first-order chi connectivity index (χ1) is 11.8. The monoisotopic (exact) mass is 350 g/mol. The van der Waals surface area contributed by atoms with E-state index in [-0.39, 0.29) is 22.7 Å². The van der Waals surface area contributed by atoms with Crippen LogP contribution >= 0.6 is 0 Å². The number of benzene rings is 2. The second-order valence-electron chi connectivity index (χ2n) is 5.43. The summed E-state index contributed by atoms with van der Waals surface area (Å²) >= 11 is 0. The molecule has 1 aliphatic heterocycles. The Morgan fingerprint density at radius 3 is 2.32 bits per heavy atom. The number of carbonyl (C=O) groups excluding carboxylic acids is 1. The molecule has 1 heterocycles. The van der Waals surface area contributed by atoms with Gasteiger partial charge in [0.1, 0.15) is 18.4 Å². The molecule has 0 saturated heterocycles. The molecule has 2 aromatic rings. The number of carbonyl (C=O) groups is 1. The van der Waals surface area contributed by atoms with E-state index in [1.54, 1.807) is 12.1 Å². The Kier molecular flexibility index (Phi) is 4.24. The summed E-state index contributed by atoms with van der Waals surface area (Å²) in [5, 5.41) is 0. The minimum absolute atomic E-state index is 0.212. The highest BCUT2D eigenvalue weighted by Crippen LogP contribution is 2.34. The maximum Gasteiger partial charge on any atom is 0.573 e. The summed E-state index contributed by atoms with van der Waals surface area (Å²) in [6.45, 7) is 2.02. The summed E-state index contributed by atoms with van der Waals surface area (Å²) in [6, 6.07) is 10.9. The number of rotatable bonds is 4. The number of Topliss-reactive ketones (excluding diaryl/α,β-unsaturated/α-hetero) is 1. The molecule has 0 unspecified atom stereocenters. The Morgan fingerprint density at radius 1 is 1.08 bits per heavy atom. The third-order valence-electron chi connectivity index (χ3n) is 3.90. The summed E-state index contributed by atoms with van der Waals surface area (Å²) in [4.78, 5) is 18.0. The summed E-state index contributed by atoms with van der Waals surface area (Å²) in [5.74, 6) is -0.733. The van der Waals surface area contributed by atoms with Crippen LogP contribution in [-0.2, 0) is 11.3 Å². The molecule has 130 valence electrons. The Balaban J connectivity index is 2.07. The van der Waals surface area contributed by atoms with Crippen molar-refractivity contribution in [2.45, 2.75) is 19.7 Å². The van der Waals surface area contributed by atoms with Gasteiger partial charge < -0.3 is 4.74 Å². The third-order valence-corrected chi connectivity index (χ3v) is 3.90. The molecule has 7 heteroatoms. The Morgan fingerprint density at radius 2 is 1.76 bits per heavy atom. The van der Waals surface area contributed by atoms with Crippen molar-refractivity contribution in [1.29, 1.82) is 0 Å². The van der Waals surface area contributed by atoms with E-state index in [0.29, 0.717) is 5.56 Å². The highest BCUT2D eigenvalue weighted by Gasteiger charge is 2.42. The van der Waals surface area contributed by atoms with E-state index in [9.17, 15) is 18.0 Å². The summed E-state index contributed by atoms with van der Waals surface area (Å²) in [5.41, 5.74) is 2.45. The van der Waals surface area contributed by atoms with E-state index in [4.69, 9.17) is 4.84 Å². The minimum Gasteiger partial charge on any atom is -0.406 e. The summed E-state index contributed by atoms with van der Waals surface area (Å²) in [7, 11) is 1.35. The molecule has 0 spiro atoms. The van der Waals surface area contributed by atoms with E-state index >= 15 is 0 Å². The van der Waals surface area contributed by atoms with Gasteiger partial charge in [0.05, 0.1) is 11.6 Å². The van der Waals surface area contributed by atoms with Crippen molar-refractivity contribution in [3.05, 3.63) is 59.2 Å². The first-order valence-electron chi connectivity index (χ1n) is 7.59. The molecule has 0 aromatic heterocycles. The lowest BCUT2D eigenvalue weighted by Gasteiger charge is -2.08. The number of ether oxygens (including phenoxy) is 1. The molecule has 0 radical (unpaired) electrons. The number of alkyl halides is 3. The van der Waals surface area contributed by atoms with Crippen molar-refractivity contribution in [1.82, 2.24) is 0 Å². The van der Waals surface area contributed by atoms with Crippen molar-refractivity contribution in [2.24, 2.45) is 0 Å². The highest BCUT2D eigenvalue weighted by atomic mass is 19.4. The summed E-state index contributed by atoms with van der Waals surface area (Å²) < 4.78 is 42.4. The number of hydrogen-bond acceptors (Lipinski definition) is 3. The Hall–Kier alpha value is -2.83. The molecule has 25 heavy (non-hydrogen) atoms. The van der Waals surface area contributed by atoms with Crippen LogP contribution in [0, 0.1) is 0 Å². The predicted molar refractivity (Wildman–Crippen MR) is 84.3 cm³/mol. The molecule has 0 aliphatic carbocycles. The van der Waals surface area contributed by atoms with E-state index < -0.39 is 12.1 Å². The van der Waals surface area contributed by atoms with E-state index in [1.807, 2.05) is 19.1 Å². The minimum atomic E-state index is -4.81. The van der Waals surface area contributed by atoms with Crippen molar-refractivity contribution in [3.63, 3.8) is 0 Å². The molecule has 1 aliphatic rings. The predicted octanol–water partition coefficient (Wildman–Crippen LogP) is 4.04. The second-order valence-corrected chi connectivity index (χ2v) is 5.43. The van der Waals surface area contributed by atoms with Crippen LogP contribution in [0.1, 0.15) is 28.4 Å². The Bertz CT molecular complexity index is 855. The highest BCUT2D eigenvalue weighted by molar-refractivity contribution is 6.52. The average molecular weight is 350 g/mol. The van der Waals surface area contributed by atoms with Gasteiger partial charge in [0.2, 0.25) is 0 Å². The van der Waals surface area contributed by atoms with Crippen LogP contribution in [0.2, 0.25) is 0 Å². The SMILES string of the molecule is CCc1ccc(C2=[N+](OC)c3cc(OC(F)(F)F)ccc3C2=O)cc1. The van der Waals surface area contributed by atoms with Crippen molar-refractivity contribution in [3.8, 4) is 5.75 Å².